The average Bonchev–Trinajstić information content (AvgIpc) is 3.27. The van der Waals surface area contributed by atoms with Crippen LogP contribution in [0, 0.1) is 0 Å². The van der Waals surface area contributed by atoms with E-state index in [2.05, 4.69) is 31.4 Å². The number of nitrogens with one attached hydrogen (secondary N) is 1. The van der Waals surface area contributed by atoms with Crippen LogP contribution in [0.1, 0.15) is 16.2 Å². The third-order valence-electron chi connectivity index (χ3n) is 4.68. The molecule has 3 aromatic rings. The number of nitrogens with zero attached hydrogens (tertiary/aromatic N) is 3. The summed E-state index contributed by atoms with van der Waals surface area (Å²) >= 11 is 3.39. The average molecular weight is 507 g/mol. The number of carbonyl (C=O) groups excluding carboxylic acids is 1. The Bertz CT molecular complexity index is 1170. The van der Waals surface area contributed by atoms with Gasteiger partial charge in [0.25, 0.3) is 5.91 Å². The lowest BCUT2D eigenvalue weighted by Gasteiger charge is -2.26. The molecular weight excluding hydrogens is 488 g/mol. The number of ether oxygens (including phenoxy) is 1. The first-order valence-corrected chi connectivity index (χ1v) is 11.7. The Morgan fingerprint density at radius 2 is 1.87 bits per heavy atom. The van der Waals surface area contributed by atoms with E-state index in [0.29, 0.717) is 37.7 Å². The molecule has 0 radical (unpaired) electrons. The lowest BCUT2D eigenvalue weighted by atomic mass is 10.2. The number of hydrogen-bond donors (Lipinski definition) is 1. The molecule has 162 valence electrons. The molecule has 0 spiro atoms. The highest BCUT2D eigenvalue weighted by Crippen LogP contribution is 2.20. The number of aromatic nitrogens is 2. The molecule has 0 atom stereocenters. The quantitative estimate of drug-likeness (QED) is 0.545. The number of amides is 1. The molecule has 1 amide bonds. The van der Waals surface area contributed by atoms with E-state index in [-0.39, 0.29) is 23.2 Å². The van der Waals surface area contributed by atoms with E-state index in [9.17, 15) is 13.2 Å². The van der Waals surface area contributed by atoms with Gasteiger partial charge in [0, 0.05) is 28.7 Å². The first-order valence-electron chi connectivity index (χ1n) is 9.48. The van der Waals surface area contributed by atoms with Crippen molar-refractivity contribution in [2.75, 3.05) is 26.3 Å². The van der Waals surface area contributed by atoms with Gasteiger partial charge < -0.3 is 14.6 Å². The highest BCUT2D eigenvalue weighted by molar-refractivity contribution is 9.10. The Morgan fingerprint density at radius 1 is 1.13 bits per heavy atom. The van der Waals surface area contributed by atoms with Crippen molar-refractivity contribution in [3.8, 4) is 11.4 Å². The topological polar surface area (TPSA) is 115 Å². The van der Waals surface area contributed by atoms with Gasteiger partial charge in [-0.25, -0.2) is 8.42 Å². The smallest absolute Gasteiger partial charge is 0.251 e. The third kappa shape index (κ3) is 5.01. The van der Waals surface area contributed by atoms with Crippen LogP contribution >= 0.6 is 15.9 Å². The second-order valence-electron chi connectivity index (χ2n) is 6.75. The zero-order chi connectivity index (χ0) is 21.8. The predicted octanol–water partition coefficient (Wildman–Crippen LogP) is 2.45. The molecule has 2 aromatic carbocycles. The van der Waals surface area contributed by atoms with E-state index >= 15 is 0 Å². The van der Waals surface area contributed by atoms with Crippen molar-refractivity contribution in [3.05, 3.63) is 64.5 Å². The lowest BCUT2D eigenvalue weighted by Crippen LogP contribution is -2.40. The molecule has 0 bridgehead atoms. The molecule has 1 N–H and O–H groups in total. The second-order valence-corrected chi connectivity index (χ2v) is 9.60. The molecule has 0 aliphatic carbocycles. The molecule has 0 saturated carbocycles. The van der Waals surface area contributed by atoms with Crippen LogP contribution in [0.15, 0.2) is 62.4 Å². The monoisotopic (exact) mass is 506 g/mol. The Kier molecular flexibility index (Phi) is 6.46. The van der Waals surface area contributed by atoms with E-state index in [0.717, 1.165) is 10.0 Å². The van der Waals surface area contributed by atoms with Gasteiger partial charge in [-0.1, -0.05) is 33.2 Å². The predicted molar refractivity (Wildman–Crippen MR) is 115 cm³/mol. The van der Waals surface area contributed by atoms with Crippen molar-refractivity contribution < 1.29 is 22.5 Å². The van der Waals surface area contributed by atoms with Crippen LogP contribution in [0.2, 0.25) is 0 Å². The summed E-state index contributed by atoms with van der Waals surface area (Å²) in [5.74, 6) is 0.301. The van der Waals surface area contributed by atoms with Crippen LogP contribution in [0.5, 0.6) is 0 Å². The standard InChI is InChI=1S/C20H19BrN4O5S/c21-16-3-1-2-15(12-16)19-23-18(30-24-19)13-22-20(26)14-4-6-17(7-5-14)31(27,28)25-8-10-29-11-9-25/h1-7,12H,8-11,13H2,(H,22,26). The van der Waals surface area contributed by atoms with Crippen LogP contribution in [0.25, 0.3) is 11.4 Å². The molecule has 1 aliphatic heterocycles. The molecule has 1 fully saturated rings. The third-order valence-corrected chi connectivity index (χ3v) is 7.08. The van der Waals surface area contributed by atoms with Crippen LogP contribution in [-0.2, 0) is 21.3 Å². The molecule has 1 saturated heterocycles. The molecule has 0 unspecified atom stereocenters. The minimum absolute atomic E-state index is 0.0493. The van der Waals surface area contributed by atoms with Gasteiger partial charge in [0.15, 0.2) is 0 Å². The zero-order valence-corrected chi connectivity index (χ0v) is 18.7. The largest absolute Gasteiger partial charge is 0.379 e. The van der Waals surface area contributed by atoms with Crippen LogP contribution in [0.3, 0.4) is 0 Å². The van der Waals surface area contributed by atoms with Crippen molar-refractivity contribution in [1.82, 2.24) is 19.8 Å². The maximum absolute atomic E-state index is 12.7. The van der Waals surface area contributed by atoms with Gasteiger partial charge in [0.05, 0.1) is 24.7 Å². The van der Waals surface area contributed by atoms with Gasteiger partial charge in [-0.15, -0.1) is 0 Å². The van der Waals surface area contributed by atoms with Crippen molar-refractivity contribution in [2.45, 2.75) is 11.4 Å². The first kappa shape index (κ1) is 21.6. The van der Waals surface area contributed by atoms with E-state index in [4.69, 9.17) is 9.26 Å². The molecule has 31 heavy (non-hydrogen) atoms. The van der Waals surface area contributed by atoms with E-state index in [1.807, 2.05) is 24.3 Å². The van der Waals surface area contributed by atoms with Gasteiger partial charge in [-0.05, 0) is 36.4 Å². The number of halogens is 1. The van der Waals surface area contributed by atoms with E-state index in [1.54, 1.807) is 0 Å². The molecule has 1 aromatic heterocycles. The molecule has 9 nitrogen and oxygen atoms in total. The summed E-state index contributed by atoms with van der Waals surface area (Å²) in [7, 11) is -3.60. The van der Waals surface area contributed by atoms with Crippen LogP contribution < -0.4 is 5.32 Å². The van der Waals surface area contributed by atoms with Crippen molar-refractivity contribution in [2.24, 2.45) is 0 Å². The minimum Gasteiger partial charge on any atom is -0.379 e. The Hall–Kier alpha value is -2.60. The number of morpholine rings is 1. The Balaban J connectivity index is 1.38. The van der Waals surface area contributed by atoms with E-state index in [1.165, 1.54) is 28.6 Å². The summed E-state index contributed by atoms with van der Waals surface area (Å²) in [5, 5.41) is 6.61. The summed E-state index contributed by atoms with van der Waals surface area (Å²) < 4.78 is 38.0. The van der Waals surface area contributed by atoms with Gasteiger partial charge in [0.2, 0.25) is 21.7 Å². The Morgan fingerprint density at radius 3 is 2.58 bits per heavy atom. The first-order chi connectivity index (χ1) is 14.9. The molecule has 4 rings (SSSR count). The molecule has 1 aliphatic rings. The Labute approximate surface area is 187 Å². The fraction of sp³-hybridized carbons (Fsp3) is 0.250. The fourth-order valence-electron chi connectivity index (χ4n) is 3.04. The normalized spacial score (nSPS) is 15.0. The number of rotatable bonds is 6. The number of benzene rings is 2. The zero-order valence-electron chi connectivity index (χ0n) is 16.3. The SMILES string of the molecule is O=C(NCc1nc(-c2cccc(Br)c2)no1)c1ccc(S(=O)(=O)N2CCOCC2)cc1. The summed E-state index contributed by atoms with van der Waals surface area (Å²) in [6, 6.07) is 13.3. The fourth-order valence-corrected chi connectivity index (χ4v) is 4.85. The lowest BCUT2D eigenvalue weighted by molar-refractivity contribution is 0.0730. The minimum atomic E-state index is -3.60. The van der Waals surface area contributed by atoms with Crippen molar-refractivity contribution in [1.29, 1.82) is 0 Å². The molecule has 11 heteroatoms. The summed E-state index contributed by atoms with van der Waals surface area (Å²) in [4.78, 5) is 16.8. The second kappa shape index (κ2) is 9.27. The molecule has 2 heterocycles. The summed E-state index contributed by atoms with van der Waals surface area (Å²) in [6.45, 7) is 1.43. The molecular formula is C20H19BrN4O5S. The summed E-state index contributed by atoms with van der Waals surface area (Å²) in [5.41, 5.74) is 1.11. The van der Waals surface area contributed by atoms with Crippen LogP contribution in [0.4, 0.5) is 0 Å². The van der Waals surface area contributed by atoms with Gasteiger partial charge in [-0.2, -0.15) is 9.29 Å². The number of carbonyl (C=O) groups is 1. The van der Waals surface area contributed by atoms with Gasteiger partial charge in [-0.3, -0.25) is 4.79 Å². The highest BCUT2D eigenvalue weighted by Gasteiger charge is 2.26. The van der Waals surface area contributed by atoms with Crippen molar-refractivity contribution in [3.63, 3.8) is 0 Å². The van der Waals surface area contributed by atoms with E-state index < -0.39 is 10.0 Å². The van der Waals surface area contributed by atoms with Crippen molar-refractivity contribution >= 4 is 31.9 Å². The highest BCUT2D eigenvalue weighted by atomic mass is 79.9. The van der Waals surface area contributed by atoms with Crippen LogP contribution in [-0.4, -0.2) is 55.1 Å². The maximum Gasteiger partial charge on any atom is 0.251 e. The maximum atomic E-state index is 12.7. The van der Waals surface area contributed by atoms with Gasteiger partial charge >= 0.3 is 0 Å². The summed E-state index contributed by atoms with van der Waals surface area (Å²) in [6.07, 6.45) is 0. The number of sulfonamides is 1. The van der Waals surface area contributed by atoms with Gasteiger partial charge in [0.1, 0.15) is 0 Å². The number of hydrogen-bond acceptors (Lipinski definition) is 7.